The molecule has 1 rings (SSSR count). The van der Waals surface area contributed by atoms with Gasteiger partial charge in [0.25, 0.3) is 0 Å². The van der Waals surface area contributed by atoms with E-state index in [1.165, 1.54) is 13.4 Å². The van der Waals surface area contributed by atoms with Crippen LogP contribution in [0, 0.1) is 11.3 Å². The Kier molecular flexibility index (Phi) is 8.82. The van der Waals surface area contributed by atoms with Gasteiger partial charge in [-0.05, 0) is 24.2 Å². The number of hydrogen-bond acceptors (Lipinski definition) is 5. The molecule has 6 nitrogen and oxygen atoms in total. The first-order valence-electron chi connectivity index (χ1n) is 9.46. The van der Waals surface area contributed by atoms with Crippen molar-refractivity contribution < 1.29 is 18.7 Å². The first-order chi connectivity index (χ1) is 12.2. The zero-order valence-electron chi connectivity index (χ0n) is 17.1. The molecule has 1 aromatic heterocycles. The second kappa shape index (κ2) is 10.3. The number of rotatable bonds is 10. The number of amides is 1. The van der Waals surface area contributed by atoms with Crippen LogP contribution in [0.3, 0.4) is 0 Å². The molecule has 0 N–H and O–H groups in total. The average Bonchev–Trinajstić information content (AvgIpc) is 3.00. The van der Waals surface area contributed by atoms with Gasteiger partial charge in [-0.25, -0.2) is 9.78 Å². The summed E-state index contributed by atoms with van der Waals surface area (Å²) in [6.07, 6.45) is 5.88. The van der Waals surface area contributed by atoms with Gasteiger partial charge >= 0.3 is 5.97 Å². The predicted molar refractivity (Wildman–Crippen MR) is 101 cm³/mol. The van der Waals surface area contributed by atoms with Crippen molar-refractivity contribution in [2.24, 2.45) is 11.3 Å². The topological polar surface area (TPSA) is 72.6 Å². The number of carbonyl (C=O) groups excluding carboxylic acids is 2. The zero-order chi connectivity index (χ0) is 19.7. The number of aromatic nitrogens is 1. The molecule has 6 heteroatoms. The van der Waals surface area contributed by atoms with E-state index >= 15 is 0 Å². The summed E-state index contributed by atoms with van der Waals surface area (Å²) in [4.78, 5) is 30.2. The van der Waals surface area contributed by atoms with Crippen molar-refractivity contribution in [1.29, 1.82) is 0 Å². The van der Waals surface area contributed by atoms with Crippen molar-refractivity contribution in [3.05, 3.63) is 17.8 Å². The standard InChI is InChI=1S/C20H34N2O4/c1-7-8-9-10-22(18(23)11-15(2)12-20(3,4)5)13-17-21-16(14-26-17)19(24)25-6/h14-15H,7-13H2,1-6H3/t15-/m1/s1. The van der Waals surface area contributed by atoms with Gasteiger partial charge in [0, 0.05) is 13.0 Å². The largest absolute Gasteiger partial charge is 0.464 e. The van der Waals surface area contributed by atoms with Crippen molar-refractivity contribution in [2.45, 2.75) is 73.3 Å². The van der Waals surface area contributed by atoms with Gasteiger partial charge in [0.1, 0.15) is 6.26 Å². The average molecular weight is 367 g/mol. The lowest BCUT2D eigenvalue weighted by molar-refractivity contribution is -0.133. The van der Waals surface area contributed by atoms with Crippen LogP contribution in [-0.2, 0) is 16.1 Å². The van der Waals surface area contributed by atoms with Gasteiger partial charge < -0.3 is 14.1 Å². The van der Waals surface area contributed by atoms with Crippen LogP contribution >= 0.6 is 0 Å². The van der Waals surface area contributed by atoms with E-state index < -0.39 is 5.97 Å². The van der Waals surface area contributed by atoms with E-state index in [2.05, 4.69) is 44.3 Å². The molecule has 0 saturated heterocycles. The molecule has 1 heterocycles. The van der Waals surface area contributed by atoms with Crippen molar-refractivity contribution >= 4 is 11.9 Å². The molecule has 0 saturated carbocycles. The van der Waals surface area contributed by atoms with Crippen LogP contribution in [0.4, 0.5) is 0 Å². The molecule has 1 amide bonds. The van der Waals surface area contributed by atoms with Gasteiger partial charge in [-0.3, -0.25) is 4.79 Å². The molecule has 1 atom stereocenters. The number of nitrogens with zero attached hydrogens (tertiary/aromatic N) is 2. The molecule has 0 spiro atoms. The number of ether oxygens (including phenoxy) is 1. The Balaban J connectivity index is 2.75. The van der Waals surface area contributed by atoms with Gasteiger partial charge in [0.2, 0.25) is 11.8 Å². The summed E-state index contributed by atoms with van der Waals surface area (Å²) >= 11 is 0. The molecule has 0 aliphatic carbocycles. The fraction of sp³-hybridized carbons (Fsp3) is 0.750. The first kappa shape index (κ1) is 22.2. The molecule has 26 heavy (non-hydrogen) atoms. The number of esters is 1. The highest BCUT2D eigenvalue weighted by molar-refractivity contribution is 5.86. The zero-order valence-corrected chi connectivity index (χ0v) is 17.1. The third kappa shape index (κ3) is 8.02. The van der Waals surface area contributed by atoms with Gasteiger partial charge in [0.15, 0.2) is 5.69 Å². The lowest BCUT2D eigenvalue weighted by atomic mass is 9.84. The second-order valence-electron chi connectivity index (χ2n) is 8.21. The molecule has 0 bridgehead atoms. The monoisotopic (exact) mass is 366 g/mol. The van der Waals surface area contributed by atoms with Crippen LogP contribution in [0.5, 0.6) is 0 Å². The number of unbranched alkanes of at least 4 members (excludes halogenated alkanes) is 2. The molecule has 148 valence electrons. The number of methoxy groups -OCH3 is 1. The van der Waals surface area contributed by atoms with E-state index in [1.54, 1.807) is 4.90 Å². The fourth-order valence-corrected chi connectivity index (χ4v) is 3.13. The normalized spacial score (nSPS) is 12.7. The molecule has 0 aliphatic heterocycles. The Hall–Kier alpha value is -1.85. The highest BCUT2D eigenvalue weighted by Gasteiger charge is 2.23. The quantitative estimate of drug-likeness (QED) is 0.452. The SMILES string of the molecule is CCCCCN(Cc1nc(C(=O)OC)co1)C(=O)C[C@@H](C)CC(C)(C)C. The minimum absolute atomic E-state index is 0.107. The van der Waals surface area contributed by atoms with Gasteiger partial charge in [-0.2, -0.15) is 0 Å². The van der Waals surface area contributed by atoms with Gasteiger partial charge in [0.05, 0.1) is 13.7 Å². The maximum absolute atomic E-state index is 12.8. The summed E-state index contributed by atoms with van der Waals surface area (Å²) in [6, 6.07) is 0. The predicted octanol–water partition coefficient (Wildman–Crippen LogP) is 4.44. The van der Waals surface area contributed by atoms with Crippen molar-refractivity contribution in [3.8, 4) is 0 Å². The summed E-state index contributed by atoms with van der Waals surface area (Å²) in [5, 5.41) is 0. The third-order valence-corrected chi connectivity index (χ3v) is 4.14. The number of carbonyl (C=O) groups is 2. The van der Waals surface area contributed by atoms with E-state index in [0.717, 1.165) is 25.7 Å². The van der Waals surface area contributed by atoms with Gasteiger partial charge in [-0.15, -0.1) is 0 Å². The second-order valence-corrected chi connectivity index (χ2v) is 8.21. The van der Waals surface area contributed by atoms with Crippen LogP contribution in [0.2, 0.25) is 0 Å². The van der Waals surface area contributed by atoms with Crippen LogP contribution in [0.25, 0.3) is 0 Å². The van der Waals surface area contributed by atoms with Crippen LogP contribution in [0.15, 0.2) is 10.7 Å². The summed E-state index contributed by atoms with van der Waals surface area (Å²) in [6.45, 7) is 11.8. The molecule has 1 aromatic rings. The van der Waals surface area contributed by atoms with Gasteiger partial charge in [-0.1, -0.05) is 47.5 Å². The Labute approximate surface area is 157 Å². The van der Waals surface area contributed by atoms with Crippen LogP contribution in [-0.4, -0.2) is 35.4 Å². The highest BCUT2D eigenvalue weighted by Crippen LogP contribution is 2.26. The third-order valence-electron chi connectivity index (χ3n) is 4.14. The molecule has 0 radical (unpaired) electrons. The Morgan fingerprint density at radius 3 is 2.58 bits per heavy atom. The van der Waals surface area contributed by atoms with Crippen LogP contribution in [0.1, 0.15) is 83.1 Å². The Bertz CT molecular complexity index is 575. The van der Waals surface area contributed by atoms with Crippen LogP contribution < -0.4 is 0 Å². The van der Waals surface area contributed by atoms with E-state index in [1.807, 2.05) is 0 Å². The lowest BCUT2D eigenvalue weighted by Gasteiger charge is -2.26. The maximum Gasteiger partial charge on any atom is 0.360 e. The smallest absolute Gasteiger partial charge is 0.360 e. The molecule has 0 fully saturated rings. The Morgan fingerprint density at radius 1 is 1.31 bits per heavy atom. The summed E-state index contributed by atoms with van der Waals surface area (Å²) in [7, 11) is 1.30. The van der Waals surface area contributed by atoms with E-state index in [0.29, 0.717) is 24.8 Å². The van der Waals surface area contributed by atoms with E-state index in [4.69, 9.17) is 4.42 Å². The highest BCUT2D eigenvalue weighted by atomic mass is 16.5. The first-order valence-corrected chi connectivity index (χ1v) is 9.46. The number of oxazole rings is 1. The van der Waals surface area contributed by atoms with E-state index in [-0.39, 0.29) is 23.6 Å². The molecule has 0 aliphatic rings. The van der Waals surface area contributed by atoms with Crippen molar-refractivity contribution in [2.75, 3.05) is 13.7 Å². The summed E-state index contributed by atoms with van der Waals surface area (Å²) < 4.78 is 9.99. The van der Waals surface area contributed by atoms with Crippen molar-refractivity contribution in [1.82, 2.24) is 9.88 Å². The minimum atomic E-state index is -0.539. The Morgan fingerprint density at radius 2 is 2.00 bits per heavy atom. The molecule has 0 aromatic carbocycles. The summed E-state index contributed by atoms with van der Waals surface area (Å²) in [5.41, 5.74) is 0.328. The lowest BCUT2D eigenvalue weighted by Crippen LogP contribution is -2.33. The molecular formula is C20H34N2O4. The van der Waals surface area contributed by atoms with E-state index in [9.17, 15) is 9.59 Å². The molecule has 0 unspecified atom stereocenters. The van der Waals surface area contributed by atoms with Crippen molar-refractivity contribution in [3.63, 3.8) is 0 Å². The summed E-state index contributed by atoms with van der Waals surface area (Å²) in [5.74, 6) is 0.239. The molecular weight excluding hydrogens is 332 g/mol. The minimum Gasteiger partial charge on any atom is -0.464 e. The number of hydrogen-bond donors (Lipinski definition) is 0. The fourth-order valence-electron chi connectivity index (χ4n) is 3.13. The maximum atomic E-state index is 12.8.